The minimum Gasteiger partial charge on any atom is -0.508 e. The van der Waals surface area contributed by atoms with Crippen molar-refractivity contribution in [3.05, 3.63) is 41.7 Å². The molecule has 0 radical (unpaired) electrons. The summed E-state index contributed by atoms with van der Waals surface area (Å²) in [7, 11) is 1.44. The maximum Gasteiger partial charge on any atom is 0.318 e. The molecule has 0 bridgehead atoms. The zero-order valence-electron chi connectivity index (χ0n) is 18.3. The fourth-order valence-electron chi connectivity index (χ4n) is 4.77. The first-order valence-electron chi connectivity index (χ1n) is 10.9. The topological polar surface area (TPSA) is 92.6 Å². The Morgan fingerprint density at radius 2 is 2.15 bits per heavy atom. The minimum atomic E-state index is -0.670. The lowest BCUT2D eigenvalue weighted by Gasteiger charge is -2.35. The van der Waals surface area contributed by atoms with Gasteiger partial charge in [-0.3, -0.25) is 0 Å². The Balaban J connectivity index is 1.70. The summed E-state index contributed by atoms with van der Waals surface area (Å²) < 4.78 is 27.6. The number of piperazine rings is 1. The molecule has 2 aliphatic rings. The highest BCUT2D eigenvalue weighted by molar-refractivity contribution is 6.04. The van der Waals surface area contributed by atoms with Crippen molar-refractivity contribution in [3.63, 3.8) is 0 Å². The van der Waals surface area contributed by atoms with Crippen molar-refractivity contribution in [2.75, 3.05) is 38.3 Å². The van der Waals surface area contributed by atoms with Crippen LogP contribution in [0.25, 0.3) is 32.9 Å². The van der Waals surface area contributed by atoms with Crippen LogP contribution in [0.2, 0.25) is 0 Å². The fourth-order valence-corrected chi connectivity index (χ4v) is 4.77. The quantitative estimate of drug-likeness (QED) is 0.444. The summed E-state index contributed by atoms with van der Waals surface area (Å²) in [4.78, 5) is 15.6. The molecule has 9 heteroatoms. The normalized spacial score (nSPS) is 17.1. The highest BCUT2D eigenvalue weighted by Crippen LogP contribution is 2.42. The average Bonchev–Trinajstić information content (AvgIpc) is 3.02. The Morgan fingerprint density at radius 1 is 1.26 bits per heavy atom. The largest absolute Gasteiger partial charge is 0.508 e. The molecule has 34 heavy (non-hydrogen) atoms. The number of nitrogens with one attached hydrogen (secondary N) is 1. The molecule has 0 saturated carbocycles. The third-order valence-corrected chi connectivity index (χ3v) is 6.30. The Kier molecular flexibility index (Phi) is 4.64. The summed E-state index contributed by atoms with van der Waals surface area (Å²) >= 11 is 0. The zero-order chi connectivity index (χ0) is 23.4. The summed E-state index contributed by atoms with van der Waals surface area (Å²) in [5.74, 6) is 2.70. The molecule has 6 rings (SSSR count). The molecule has 170 valence electrons. The van der Waals surface area contributed by atoms with Gasteiger partial charge >= 0.3 is 6.01 Å². The molecule has 2 aliphatic heterocycles. The van der Waals surface area contributed by atoms with Gasteiger partial charge in [0.05, 0.1) is 13.2 Å². The molecule has 4 heterocycles. The number of hydrogen-bond acceptors (Lipinski definition) is 8. The number of aromatic hydroxyl groups is 1. The number of pyridine rings is 1. The van der Waals surface area contributed by atoms with Crippen LogP contribution in [0.5, 0.6) is 17.6 Å². The Morgan fingerprint density at radius 3 is 2.97 bits per heavy atom. The van der Waals surface area contributed by atoms with Gasteiger partial charge in [0.25, 0.3) is 0 Å². The van der Waals surface area contributed by atoms with Crippen LogP contribution in [-0.4, -0.2) is 59.5 Å². The molecule has 8 nitrogen and oxygen atoms in total. The average molecular weight is 457 g/mol. The summed E-state index contributed by atoms with van der Waals surface area (Å²) in [6, 6.07) is 8.44. The second-order valence-corrected chi connectivity index (χ2v) is 8.24. The van der Waals surface area contributed by atoms with Crippen molar-refractivity contribution in [2.24, 2.45) is 0 Å². The van der Waals surface area contributed by atoms with Gasteiger partial charge in [-0.05, 0) is 23.6 Å². The standard InChI is InChI=1S/C25H20FN5O3/c1-3-13-5-4-6-14-9-16(32)10-17(18(13)14)21-20(26)22-19-23(30-25(29-22)33-2)31-8-7-27-11-15(31)12-34-24(19)28-21/h1,4-6,9-10,15,27,32H,7-8,11-12H2,2H3/t15-/m0/s1. The molecular weight excluding hydrogens is 437 g/mol. The van der Waals surface area contributed by atoms with Crippen LogP contribution < -0.4 is 19.7 Å². The molecule has 0 unspecified atom stereocenters. The van der Waals surface area contributed by atoms with Gasteiger partial charge in [0.1, 0.15) is 34.8 Å². The third kappa shape index (κ3) is 2.99. The van der Waals surface area contributed by atoms with Crippen molar-refractivity contribution < 1.29 is 19.0 Å². The molecule has 1 atom stereocenters. The molecule has 1 fully saturated rings. The summed E-state index contributed by atoms with van der Waals surface area (Å²) in [6.45, 7) is 2.47. The number of terminal acetylenes is 1. The van der Waals surface area contributed by atoms with Crippen molar-refractivity contribution in [2.45, 2.75) is 6.04 Å². The number of rotatable bonds is 2. The predicted molar refractivity (Wildman–Crippen MR) is 126 cm³/mol. The van der Waals surface area contributed by atoms with Gasteiger partial charge in [0.15, 0.2) is 5.82 Å². The van der Waals surface area contributed by atoms with E-state index in [9.17, 15) is 5.11 Å². The van der Waals surface area contributed by atoms with E-state index in [2.05, 4.69) is 31.1 Å². The van der Waals surface area contributed by atoms with E-state index in [0.717, 1.165) is 6.54 Å². The van der Waals surface area contributed by atoms with Gasteiger partial charge in [-0.25, -0.2) is 9.37 Å². The lowest BCUT2D eigenvalue weighted by molar-refractivity contribution is 0.266. The van der Waals surface area contributed by atoms with Gasteiger partial charge < -0.3 is 24.8 Å². The number of benzene rings is 2. The van der Waals surface area contributed by atoms with Gasteiger partial charge in [-0.2, -0.15) is 9.97 Å². The molecule has 4 aromatic rings. The second-order valence-electron chi connectivity index (χ2n) is 8.24. The Labute approximate surface area is 194 Å². The van der Waals surface area contributed by atoms with Crippen LogP contribution >= 0.6 is 0 Å². The summed E-state index contributed by atoms with van der Waals surface area (Å²) in [6.07, 6.45) is 5.74. The van der Waals surface area contributed by atoms with Crippen LogP contribution in [0.4, 0.5) is 10.2 Å². The number of nitrogens with zero attached hydrogens (tertiary/aromatic N) is 4. The van der Waals surface area contributed by atoms with Gasteiger partial charge in [-0.15, -0.1) is 6.42 Å². The SMILES string of the molecule is C#Cc1cccc2cc(O)cc(-c3nc4c5c(nc(OC)nc5c3F)N3CCNC[C@H]3CO4)c12. The smallest absolute Gasteiger partial charge is 0.318 e. The maximum absolute atomic E-state index is 16.2. The van der Waals surface area contributed by atoms with E-state index in [0.29, 0.717) is 52.8 Å². The molecule has 2 aromatic carbocycles. The first-order valence-corrected chi connectivity index (χ1v) is 10.9. The molecule has 0 amide bonds. The molecule has 1 saturated heterocycles. The number of phenols is 1. The maximum atomic E-state index is 16.2. The van der Waals surface area contributed by atoms with E-state index in [4.69, 9.17) is 15.9 Å². The first kappa shape index (κ1) is 20.4. The van der Waals surface area contributed by atoms with E-state index >= 15 is 4.39 Å². The van der Waals surface area contributed by atoms with E-state index in [1.165, 1.54) is 13.2 Å². The predicted octanol–water partition coefficient (Wildman–Crippen LogP) is 2.85. The monoisotopic (exact) mass is 457 g/mol. The number of hydrogen-bond donors (Lipinski definition) is 2. The fraction of sp³-hybridized carbons (Fsp3) is 0.240. The Bertz CT molecular complexity index is 1520. The highest BCUT2D eigenvalue weighted by atomic mass is 19.1. The van der Waals surface area contributed by atoms with Crippen LogP contribution in [0.1, 0.15) is 5.56 Å². The second kappa shape index (κ2) is 7.71. The molecular formula is C25H20FN5O3. The number of methoxy groups -OCH3 is 1. The van der Waals surface area contributed by atoms with Gasteiger partial charge in [-0.1, -0.05) is 18.1 Å². The van der Waals surface area contributed by atoms with E-state index < -0.39 is 5.82 Å². The van der Waals surface area contributed by atoms with Crippen molar-refractivity contribution >= 4 is 27.5 Å². The number of fused-ring (bicyclic) bond motifs is 3. The number of halogens is 1. The number of aromatic nitrogens is 3. The molecule has 2 aromatic heterocycles. The third-order valence-electron chi connectivity index (χ3n) is 6.30. The van der Waals surface area contributed by atoms with Crippen molar-refractivity contribution in [3.8, 4) is 41.2 Å². The Hall–Kier alpha value is -4.16. The van der Waals surface area contributed by atoms with Crippen molar-refractivity contribution in [1.82, 2.24) is 20.3 Å². The first-order chi connectivity index (χ1) is 16.6. The zero-order valence-corrected chi connectivity index (χ0v) is 18.3. The molecule has 0 aliphatic carbocycles. The number of ether oxygens (including phenoxy) is 2. The lowest BCUT2D eigenvalue weighted by atomic mass is 9.96. The van der Waals surface area contributed by atoms with Gasteiger partial charge in [0, 0.05) is 36.1 Å². The lowest BCUT2D eigenvalue weighted by Crippen LogP contribution is -2.53. The molecule has 0 spiro atoms. The highest BCUT2D eigenvalue weighted by Gasteiger charge is 2.33. The van der Waals surface area contributed by atoms with Crippen LogP contribution in [0.3, 0.4) is 0 Å². The number of anilines is 1. The van der Waals surface area contributed by atoms with Crippen LogP contribution in [0, 0.1) is 18.2 Å². The van der Waals surface area contributed by atoms with Crippen LogP contribution in [-0.2, 0) is 0 Å². The summed E-state index contributed by atoms with van der Waals surface area (Å²) in [5, 5.41) is 15.4. The van der Waals surface area contributed by atoms with Gasteiger partial charge in [0.2, 0.25) is 5.88 Å². The minimum absolute atomic E-state index is 0.00749. The van der Waals surface area contributed by atoms with E-state index in [1.54, 1.807) is 24.3 Å². The van der Waals surface area contributed by atoms with Crippen molar-refractivity contribution in [1.29, 1.82) is 0 Å². The van der Waals surface area contributed by atoms with E-state index in [-0.39, 0.29) is 34.9 Å². The molecule has 2 N–H and O–H groups in total. The number of phenolic OH excluding ortho intramolecular Hbond substituents is 1. The van der Waals surface area contributed by atoms with Crippen LogP contribution in [0.15, 0.2) is 30.3 Å². The van der Waals surface area contributed by atoms with E-state index in [1.807, 2.05) is 0 Å². The summed E-state index contributed by atoms with van der Waals surface area (Å²) in [5.41, 5.74) is 0.932.